The topological polar surface area (TPSA) is 123 Å². The molecule has 1 saturated carbocycles. The van der Waals surface area contributed by atoms with Gasteiger partial charge in [-0.1, -0.05) is 0 Å². The molecule has 1 atom stereocenters. The van der Waals surface area contributed by atoms with Crippen LogP contribution in [-0.2, 0) is 20.2 Å². The van der Waals surface area contributed by atoms with E-state index >= 15 is 0 Å². The number of nitrogens with one attached hydrogen (secondary N) is 1. The van der Waals surface area contributed by atoms with Gasteiger partial charge in [-0.15, -0.1) is 11.6 Å². The van der Waals surface area contributed by atoms with Crippen molar-refractivity contribution >= 4 is 48.7 Å². The highest BCUT2D eigenvalue weighted by Gasteiger charge is 2.57. The fraction of sp³-hybridized carbons (Fsp3) is 0.714. The summed E-state index contributed by atoms with van der Waals surface area (Å²) < 4.78 is 56.8. The maximum Gasteiger partial charge on any atom is 0.282 e. The Kier molecular flexibility index (Phi) is 6.77. The van der Waals surface area contributed by atoms with E-state index in [-0.39, 0.29) is 11.7 Å². The smallest absolute Gasteiger partial charge is 0.282 e. The van der Waals surface area contributed by atoms with Crippen molar-refractivity contribution in [3.63, 3.8) is 0 Å². The molecule has 2 aromatic heterocycles. The Morgan fingerprint density at radius 2 is 2.00 bits per heavy atom. The number of anilines is 1. The van der Waals surface area contributed by atoms with Gasteiger partial charge in [-0.05, 0) is 37.7 Å². The number of alkyl halides is 1. The molecule has 5 rings (SSSR count). The maximum absolute atomic E-state index is 13.6. The highest BCUT2D eigenvalue weighted by Crippen LogP contribution is 2.47. The van der Waals surface area contributed by atoms with Crippen LogP contribution in [0.25, 0.3) is 11.0 Å². The van der Waals surface area contributed by atoms with E-state index < -0.39 is 25.8 Å². The molecule has 0 radical (unpaired) electrons. The van der Waals surface area contributed by atoms with Gasteiger partial charge in [0.05, 0.1) is 16.7 Å². The summed E-state index contributed by atoms with van der Waals surface area (Å²) in [5.74, 6) is 1.14. The molecule has 11 nitrogen and oxygen atoms in total. The van der Waals surface area contributed by atoms with Crippen LogP contribution in [0, 0.1) is 5.92 Å². The third-order valence-corrected chi connectivity index (χ3v) is 11.7. The van der Waals surface area contributed by atoms with E-state index in [0.717, 1.165) is 29.7 Å². The summed E-state index contributed by atoms with van der Waals surface area (Å²) in [7, 11) is -5.42. The standard InChI is InChI=1S/C21H32ClN7O4S2/c1-26(13-17-4-9-28(14-17)34(30,31)12-2-7-22)35(32,33)29-11-10-27(15-21(29)5-6-21)20-18-3-8-23-19(18)24-16-25-20/h3,8,16-17H,2,4-7,9-15H2,1H3,(H,23,24,25). The van der Waals surface area contributed by atoms with Crippen molar-refractivity contribution in [1.29, 1.82) is 0 Å². The molecule has 2 aromatic rings. The number of fused-ring (bicyclic) bond motifs is 1. The molecule has 1 unspecified atom stereocenters. The number of sulfonamides is 1. The second kappa shape index (κ2) is 9.42. The molecule has 2 saturated heterocycles. The van der Waals surface area contributed by atoms with E-state index in [4.69, 9.17) is 11.6 Å². The normalized spacial score (nSPS) is 23.6. The zero-order valence-electron chi connectivity index (χ0n) is 19.8. The number of nitrogens with zero attached hydrogens (tertiary/aromatic N) is 6. The van der Waals surface area contributed by atoms with Gasteiger partial charge in [0.2, 0.25) is 10.0 Å². The van der Waals surface area contributed by atoms with Crippen LogP contribution in [0.3, 0.4) is 0 Å². The first-order valence-electron chi connectivity index (χ1n) is 12.0. The molecule has 14 heteroatoms. The largest absolute Gasteiger partial charge is 0.353 e. The molecule has 4 heterocycles. The highest BCUT2D eigenvalue weighted by atomic mass is 35.5. The van der Waals surface area contributed by atoms with Gasteiger partial charge in [-0.2, -0.15) is 17.0 Å². The summed E-state index contributed by atoms with van der Waals surface area (Å²) in [5, 5.41) is 0.934. The van der Waals surface area contributed by atoms with Gasteiger partial charge in [-0.25, -0.2) is 22.7 Å². The summed E-state index contributed by atoms with van der Waals surface area (Å²) in [6, 6.07) is 1.95. The van der Waals surface area contributed by atoms with Crippen LogP contribution in [0.4, 0.5) is 5.82 Å². The van der Waals surface area contributed by atoms with Crippen molar-refractivity contribution in [2.45, 2.75) is 31.2 Å². The van der Waals surface area contributed by atoms with E-state index in [1.165, 1.54) is 14.9 Å². The van der Waals surface area contributed by atoms with Gasteiger partial charge in [0.25, 0.3) is 10.2 Å². The lowest BCUT2D eigenvalue weighted by Crippen LogP contribution is -2.60. The van der Waals surface area contributed by atoms with E-state index in [1.807, 2.05) is 12.3 Å². The lowest BCUT2D eigenvalue weighted by molar-refractivity contribution is 0.245. The van der Waals surface area contributed by atoms with Crippen LogP contribution in [0.15, 0.2) is 18.6 Å². The average Bonchev–Trinajstić information content (AvgIpc) is 3.23. The molecule has 3 fully saturated rings. The highest BCUT2D eigenvalue weighted by molar-refractivity contribution is 7.89. The quantitative estimate of drug-likeness (QED) is 0.467. The molecule has 1 N–H and O–H groups in total. The third kappa shape index (κ3) is 4.78. The summed E-state index contributed by atoms with van der Waals surface area (Å²) in [5.41, 5.74) is 0.343. The van der Waals surface area contributed by atoms with Crippen LogP contribution in [0.1, 0.15) is 25.7 Å². The van der Waals surface area contributed by atoms with Gasteiger partial charge < -0.3 is 9.88 Å². The zero-order chi connectivity index (χ0) is 24.8. The Hall–Kier alpha value is -1.51. The second-order valence-corrected chi connectivity index (χ2v) is 14.2. The number of aromatic amines is 1. The number of hydrogen-bond donors (Lipinski definition) is 1. The third-order valence-electron chi connectivity index (χ3n) is 7.41. The summed E-state index contributed by atoms with van der Waals surface area (Å²) in [6.45, 7) is 2.60. The fourth-order valence-electron chi connectivity index (χ4n) is 5.36. The average molecular weight is 546 g/mol. The number of rotatable bonds is 9. The molecular formula is C21H32ClN7O4S2. The summed E-state index contributed by atoms with van der Waals surface area (Å²) in [6.07, 6.45) is 6.06. The van der Waals surface area contributed by atoms with Gasteiger partial charge >= 0.3 is 0 Å². The van der Waals surface area contributed by atoms with Crippen molar-refractivity contribution in [3.05, 3.63) is 18.6 Å². The maximum atomic E-state index is 13.6. The SMILES string of the molecule is CN(CC1CCN(S(=O)(=O)CCCCl)C1)S(=O)(=O)N1CCN(c2ncnc3[nH]ccc23)CC12CC2. The van der Waals surface area contributed by atoms with Crippen molar-refractivity contribution in [3.8, 4) is 0 Å². The van der Waals surface area contributed by atoms with Crippen molar-refractivity contribution in [1.82, 2.24) is 27.9 Å². The molecular weight excluding hydrogens is 514 g/mol. The Morgan fingerprint density at radius 1 is 1.20 bits per heavy atom. The van der Waals surface area contributed by atoms with Gasteiger partial charge in [0.15, 0.2) is 0 Å². The van der Waals surface area contributed by atoms with E-state index in [2.05, 4.69) is 19.9 Å². The molecule has 0 amide bonds. The number of halogens is 1. The predicted octanol–water partition coefficient (Wildman–Crippen LogP) is 1.07. The minimum Gasteiger partial charge on any atom is -0.353 e. The zero-order valence-corrected chi connectivity index (χ0v) is 22.2. The van der Waals surface area contributed by atoms with Crippen LogP contribution in [0.5, 0.6) is 0 Å². The lowest BCUT2D eigenvalue weighted by Gasteiger charge is -2.43. The molecule has 1 spiro atoms. The number of aromatic nitrogens is 3. The van der Waals surface area contributed by atoms with Crippen molar-refractivity contribution in [2.75, 3.05) is 62.8 Å². The van der Waals surface area contributed by atoms with Gasteiger partial charge in [0.1, 0.15) is 17.8 Å². The summed E-state index contributed by atoms with van der Waals surface area (Å²) >= 11 is 5.66. The molecule has 35 heavy (non-hydrogen) atoms. The van der Waals surface area contributed by atoms with Crippen LogP contribution < -0.4 is 4.90 Å². The Labute approximate surface area is 211 Å². The van der Waals surface area contributed by atoms with E-state index in [0.29, 0.717) is 58.0 Å². The van der Waals surface area contributed by atoms with Crippen molar-refractivity contribution < 1.29 is 16.8 Å². The Balaban J connectivity index is 1.25. The molecule has 3 aliphatic rings. The minimum absolute atomic E-state index is 0.0279. The Morgan fingerprint density at radius 3 is 2.74 bits per heavy atom. The lowest BCUT2D eigenvalue weighted by atomic mass is 10.1. The monoisotopic (exact) mass is 545 g/mol. The first-order chi connectivity index (χ1) is 16.7. The fourth-order valence-corrected chi connectivity index (χ4v) is 9.01. The number of hydrogen-bond acceptors (Lipinski definition) is 7. The second-order valence-electron chi connectivity index (χ2n) is 9.81. The van der Waals surface area contributed by atoms with Crippen LogP contribution in [-0.4, -0.2) is 108 Å². The predicted molar refractivity (Wildman–Crippen MR) is 135 cm³/mol. The number of piperazine rings is 1. The molecule has 0 aromatic carbocycles. The van der Waals surface area contributed by atoms with Gasteiger partial charge in [0, 0.05) is 58.4 Å². The Bertz CT molecular complexity index is 1280. The van der Waals surface area contributed by atoms with Crippen LogP contribution >= 0.6 is 11.6 Å². The number of H-pyrrole nitrogens is 1. The van der Waals surface area contributed by atoms with E-state index in [9.17, 15) is 16.8 Å². The first-order valence-corrected chi connectivity index (χ1v) is 15.5. The molecule has 194 valence electrons. The molecule has 2 aliphatic heterocycles. The molecule has 0 bridgehead atoms. The first kappa shape index (κ1) is 25.2. The molecule has 1 aliphatic carbocycles. The minimum atomic E-state index is -3.68. The summed E-state index contributed by atoms with van der Waals surface area (Å²) in [4.78, 5) is 14.0. The van der Waals surface area contributed by atoms with E-state index in [1.54, 1.807) is 11.4 Å². The van der Waals surface area contributed by atoms with Crippen molar-refractivity contribution in [2.24, 2.45) is 5.92 Å². The van der Waals surface area contributed by atoms with Crippen LogP contribution in [0.2, 0.25) is 0 Å². The van der Waals surface area contributed by atoms with Gasteiger partial charge in [-0.3, -0.25) is 0 Å².